The van der Waals surface area contributed by atoms with E-state index in [0.717, 1.165) is 0 Å². The Balaban J connectivity index is 2.88. The molecule has 3 nitrogen and oxygen atoms in total. The molecule has 1 rings (SSSR count). The topological polar surface area (TPSA) is 50.4 Å². The maximum absolute atomic E-state index is 10.2. The standard InChI is InChI=1S/C9H10O3/c1-6(2)9(11)7-3-8(4-10)12-5-7/h3-5,9,11H,1H2,2H3/t9-/m0/s1. The normalized spacial score (nSPS) is 12.5. The minimum atomic E-state index is -0.748. The van der Waals surface area contributed by atoms with Crippen molar-refractivity contribution in [3.05, 3.63) is 35.8 Å². The molecule has 0 spiro atoms. The highest BCUT2D eigenvalue weighted by molar-refractivity contribution is 5.70. The lowest BCUT2D eigenvalue weighted by Gasteiger charge is -2.05. The van der Waals surface area contributed by atoms with Crippen molar-refractivity contribution in [2.75, 3.05) is 0 Å². The number of aldehydes is 1. The van der Waals surface area contributed by atoms with Gasteiger partial charge in [-0.05, 0) is 18.6 Å². The number of aliphatic hydroxyl groups is 1. The van der Waals surface area contributed by atoms with Crippen LogP contribution in [-0.4, -0.2) is 11.4 Å². The Bertz CT molecular complexity index is 298. The lowest BCUT2D eigenvalue weighted by Crippen LogP contribution is -1.95. The summed E-state index contributed by atoms with van der Waals surface area (Å²) in [4.78, 5) is 10.2. The summed E-state index contributed by atoms with van der Waals surface area (Å²) >= 11 is 0. The van der Waals surface area contributed by atoms with Gasteiger partial charge in [-0.3, -0.25) is 4.79 Å². The van der Waals surface area contributed by atoms with E-state index in [-0.39, 0.29) is 5.76 Å². The maximum atomic E-state index is 10.2. The van der Waals surface area contributed by atoms with Crippen molar-refractivity contribution in [1.82, 2.24) is 0 Å². The fourth-order valence-corrected chi connectivity index (χ4v) is 0.858. The van der Waals surface area contributed by atoms with Crippen LogP contribution in [0.3, 0.4) is 0 Å². The molecule has 0 aliphatic heterocycles. The number of carbonyl (C=O) groups excluding carboxylic acids is 1. The molecule has 1 N–H and O–H groups in total. The SMILES string of the molecule is C=C(C)[C@H](O)c1coc(C=O)c1. The Morgan fingerprint density at radius 2 is 2.50 bits per heavy atom. The van der Waals surface area contributed by atoms with Gasteiger partial charge in [-0.2, -0.15) is 0 Å². The fourth-order valence-electron chi connectivity index (χ4n) is 0.858. The molecule has 0 bridgehead atoms. The Morgan fingerprint density at radius 1 is 1.83 bits per heavy atom. The summed E-state index contributed by atoms with van der Waals surface area (Å²) in [5.41, 5.74) is 1.18. The van der Waals surface area contributed by atoms with Crippen molar-refractivity contribution in [2.45, 2.75) is 13.0 Å². The molecule has 1 aromatic heterocycles. The van der Waals surface area contributed by atoms with Gasteiger partial charge in [-0.15, -0.1) is 0 Å². The van der Waals surface area contributed by atoms with Crippen LogP contribution in [0.5, 0.6) is 0 Å². The summed E-state index contributed by atoms with van der Waals surface area (Å²) < 4.78 is 4.82. The van der Waals surface area contributed by atoms with E-state index >= 15 is 0 Å². The largest absolute Gasteiger partial charge is 0.461 e. The molecule has 3 heteroatoms. The van der Waals surface area contributed by atoms with Crippen molar-refractivity contribution < 1.29 is 14.3 Å². The molecule has 0 fully saturated rings. The minimum Gasteiger partial charge on any atom is -0.461 e. The second-order valence-corrected chi connectivity index (χ2v) is 2.65. The Hall–Kier alpha value is -1.35. The van der Waals surface area contributed by atoms with Gasteiger partial charge < -0.3 is 9.52 Å². The molecule has 1 aromatic rings. The van der Waals surface area contributed by atoms with Crippen LogP contribution in [0.2, 0.25) is 0 Å². The first-order valence-corrected chi connectivity index (χ1v) is 3.52. The smallest absolute Gasteiger partial charge is 0.185 e. The van der Waals surface area contributed by atoms with Crippen molar-refractivity contribution >= 4 is 6.29 Å². The molecule has 0 saturated heterocycles. The number of furan rings is 1. The molecular formula is C9H10O3. The summed E-state index contributed by atoms with van der Waals surface area (Å²) in [5.74, 6) is 0.213. The van der Waals surface area contributed by atoms with Crippen molar-refractivity contribution in [3.8, 4) is 0 Å². The second-order valence-electron chi connectivity index (χ2n) is 2.65. The van der Waals surface area contributed by atoms with Gasteiger partial charge >= 0.3 is 0 Å². The average molecular weight is 166 g/mol. The summed E-state index contributed by atoms with van der Waals surface area (Å²) in [7, 11) is 0. The third-order valence-electron chi connectivity index (χ3n) is 1.54. The lowest BCUT2D eigenvalue weighted by atomic mass is 10.1. The van der Waals surface area contributed by atoms with Crippen LogP contribution in [0.25, 0.3) is 0 Å². The number of aliphatic hydroxyl groups excluding tert-OH is 1. The molecule has 0 aliphatic rings. The zero-order valence-electron chi connectivity index (χ0n) is 6.78. The third kappa shape index (κ3) is 1.62. The van der Waals surface area contributed by atoms with Gasteiger partial charge in [0, 0.05) is 5.56 Å². The van der Waals surface area contributed by atoms with E-state index in [0.29, 0.717) is 17.4 Å². The molecule has 0 radical (unpaired) electrons. The molecule has 64 valence electrons. The van der Waals surface area contributed by atoms with E-state index in [9.17, 15) is 9.90 Å². The lowest BCUT2D eigenvalue weighted by molar-refractivity contribution is 0.110. The monoisotopic (exact) mass is 166 g/mol. The van der Waals surface area contributed by atoms with E-state index in [1.54, 1.807) is 6.92 Å². The highest BCUT2D eigenvalue weighted by Crippen LogP contribution is 2.21. The number of rotatable bonds is 3. The van der Waals surface area contributed by atoms with Gasteiger partial charge in [0.15, 0.2) is 12.0 Å². The van der Waals surface area contributed by atoms with E-state index in [1.165, 1.54) is 12.3 Å². The molecular weight excluding hydrogens is 156 g/mol. The summed E-state index contributed by atoms with van der Waals surface area (Å²) in [6.45, 7) is 5.29. The van der Waals surface area contributed by atoms with E-state index in [4.69, 9.17) is 4.42 Å². The molecule has 0 aliphatic carbocycles. The zero-order chi connectivity index (χ0) is 9.14. The zero-order valence-corrected chi connectivity index (χ0v) is 6.78. The molecule has 0 saturated carbocycles. The van der Waals surface area contributed by atoms with Gasteiger partial charge in [0.05, 0.1) is 6.26 Å². The van der Waals surface area contributed by atoms with Crippen LogP contribution in [0.4, 0.5) is 0 Å². The van der Waals surface area contributed by atoms with E-state index < -0.39 is 6.10 Å². The van der Waals surface area contributed by atoms with Gasteiger partial charge in [0.25, 0.3) is 0 Å². The highest BCUT2D eigenvalue weighted by Gasteiger charge is 2.10. The molecule has 0 unspecified atom stereocenters. The first kappa shape index (κ1) is 8.74. The van der Waals surface area contributed by atoms with Gasteiger partial charge in [-0.1, -0.05) is 6.58 Å². The molecule has 1 atom stereocenters. The minimum absolute atomic E-state index is 0.213. The van der Waals surface area contributed by atoms with Crippen molar-refractivity contribution in [1.29, 1.82) is 0 Å². The summed E-state index contributed by atoms with van der Waals surface area (Å²) in [6, 6.07) is 1.49. The Kier molecular flexibility index (Phi) is 2.45. The van der Waals surface area contributed by atoms with E-state index in [2.05, 4.69) is 6.58 Å². The summed E-state index contributed by atoms with van der Waals surface area (Å²) in [5, 5.41) is 9.43. The third-order valence-corrected chi connectivity index (χ3v) is 1.54. The quantitative estimate of drug-likeness (QED) is 0.549. The first-order chi connectivity index (χ1) is 5.65. The number of hydrogen-bond donors (Lipinski definition) is 1. The van der Waals surface area contributed by atoms with Crippen LogP contribution in [0.15, 0.2) is 28.9 Å². The summed E-state index contributed by atoms with van der Waals surface area (Å²) in [6.07, 6.45) is 1.19. The van der Waals surface area contributed by atoms with Crippen LogP contribution in [-0.2, 0) is 0 Å². The van der Waals surface area contributed by atoms with Crippen molar-refractivity contribution in [2.24, 2.45) is 0 Å². The number of carbonyl (C=O) groups is 1. The van der Waals surface area contributed by atoms with Gasteiger partial charge in [0.1, 0.15) is 6.10 Å². The van der Waals surface area contributed by atoms with Crippen molar-refractivity contribution in [3.63, 3.8) is 0 Å². The van der Waals surface area contributed by atoms with E-state index in [1.807, 2.05) is 0 Å². The molecule has 12 heavy (non-hydrogen) atoms. The van der Waals surface area contributed by atoms with Gasteiger partial charge in [-0.25, -0.2) is 0 Å². The number of hydrogen-bond acceptors (Lipinski definition) is 3. The fraction of sp³-hybridized carbons (Fsp3) is 0.222. The average Bonchev–Trinajstić information content (AvgIpc) is 2.50. The van der Waals surface area contributed by atoms with Crippen LogP contribution < -0.4 is 0 Å². The second kappa shape index (κ2) is 3.36. The molecule has 0 aromatic carbocycles. The maximum Gasteiger partial charge on any atom is 0.185 e. The predicted molar refractivity (Wildman–Crippen MR) is 43.9 cm³/mol. The first-order valence-electron chi connectivity index (χ1n) is 3.52. The molecule has 1 heterocycles. The Labute approximate surface area is 70.3 Å². The Morgan fingerprint density at radius 3 is 2.92 bits per heavy atom. The highest BCUT2D eigenvalue weighted by atomic mass is 16.3. The molecule has 0 amide bonds. The van der Waals surface area contributed by atoms with Crippen LogP contribution >= 0.6 is 0 Å². The van der Waals surface area contributed by atoms with Crippen LogP contribution in [0, 0.1) is 0 Å². The van der Waals surface area contributed by atoms with Gasteiger partial charge in [0.2, 0.25) is 0 Å². The van der Waals surface area contributed by atoms with Crippen LogP contribution in [0.1, 0.15) is 29.1 Å². The predicted octanol–water partition coefficient (Wildman–Crippen LogP) is 1.70.